The highest BCUT2D eigenvalue weighted by molar-refractivity contribution is 6.07. The number of nitrogens with one attached hydrogen (secondary N) is 1. The van der Waals surface area contributed by atoms with Crippen LogP contribution in [0.4, 0.5) is 0 Å². The van der Waals surface area contributed by atoms with Crippen molar-refractivity contribution in [2.45, 2.75) is 12.8 Å². The molecule has 0 saturated heterocycles. The van der Waals surface area contributed by atoms with Crippen LogP contribution in [0.2, 0.25) is 0 Å². The zero-order chi connectivity index (χ0) is 11.1. The Labute approximate surface area is 87.7 Å². The van der Waals surface area contributed by atoms with E-state index in [4.69, 9.17) is 5.21 Å². The standard InChI is InChI=1S/C11H12N2O2/c1-3-8-9(4-2)12-10(14)11(8)5-7(6-11)13-15/h3-4,15H,1-2,5-6H2,(H,12,14). The van der Waals surface area contributed by atoms with E-state index < -0.39 is 5.41 Å². The van der Waals surface area contributed by atoms with Crippen LogP contribution in [0.3, 0.4) is 0 Å². The number of hydrogen-bond acceptors (Lipinski definition) is 3. The average molecular weight is 204 g/mol. The Morgan fingerprint density at radius 3 is 2.53 bits per heavy atom. The second-order valence-corrected chi connectivity index (χ2v) is 3.79. The number of amides is 1. The Balaban J connectivity index is 2.41. The molecule has 1 aliphatic carbocycles. The van der Waals surface area contributed by atoms with E-state index in [0.717, 1.165) is 5.57 Å². The summed E-state index contributed by atoms with van der Waals surface area (Å²) in [6, 6.07) is 0. The normalized spacial score (nSPS) is 28.8. The molecule has 4 nitrogen and oxygen atoms in total. The third kappa shape index (κ3) is 1.08. The monoisotopic (exact) mass is 204 g/mol. The molecule has 1 amide bonds. The van der Waals surface area contributed by atoms with Crippen LogP contribution in [-0.2, 0) is 4.79 Å². The van der Waals surface area contributed by atoms with Crippen molar-refractivity contribution in [1.29, 1.82) is 0 Å². The van der Waals surface area contributed by atoms with Crippen LogP contribution < -0.4 is 5.32 Å². The summed E-state index contributed by atoms with van der Waals surface area (Å²) in [5.74, 6) is -0.0558. The van der Waals surface area contributed by atoms with Crippen LogP contribution in [0, 0.1) is 5.41 Å². The number of rotatable bonds is 2. The highest BCUT2D eigenvalue weighted by Gasteiger charge is 2.54. The maximum Gasteiger partial charge on any atom is 0.235 e. The molecule has 2 N–H and O–H groups in total. The number of oxime groups is 1. The van der Waals surface area contributed by atoms with Gasteiger partial charge in [-0.15, -0.1) is 0 Å². The molecule has 78 valence electrons. The fourth-order valence-electron chi connectivity index (χ4n) is 2.22. The minimum Gasteiger partial charge on any atom is -0.411 e. The van der Waals surface area contributed by atoms with Gasteiger partial charge in [0.15, 0.2) is 0 Å². The third-order valence-electron chi connectivity index (χ3n) is 3.05. The molecule has 1 aliphatic heterocycles. The van der Waals surface area contributed by atoms with E-state index in [1.165, 1.54) is 0 Å². The van der Waals surface area contributed by atoms with Crippen LogP contribution in [-0.4, -0.2) is 16.8 Å². The summed E-state index contributed by atoms with van der Waals surface area (Å²) in [6.45, 7) is 7.34. The molecule has 0 unspecified atom stereocenters. The highest BCUT2D eigenvalue weighted by atomic mass is 16.4. The zero-order valence-electron chi connectivity index (χ0n) is 8.29. The van der Waals surface area contributed by atoms with E-state index in [-0.39, 0.29) is 5.91 Å². The summed E-state index contributed by atoms with van der Waals surface area (Å²) in [4.78, 5) is 11.8. The molecular formula is C11H12N2O2. The maximum absolute atomic E-state index is 11.8. The fourth-order valence-corrected chi connectivity index (χ4v) is 2.22. The first kappa shape index (κ1) is 9.71. The van der Waals surface area contributed by atoms with Crippen molar-refractivity contribution in [3.63, 3.8) is 0 Å². The predicted octanol–water partition coefficient (Wildman–Crippen LogP) is 1.35. The van der Waals surface area contributed by atoms with Crippen molar-refractivity contribution in [3.05, 3.63) is 36.6 Å². The number of carbonyl (C=O) groups is 1. The predicted molar refractivity (Wildman–Crippen MR) is 56.5 cm³/mol. The van der Waals surface area contributed by atoms with Crippen molar-refractivity contribution in [2.24, 2.45) is 10.6 Å². The summed E-state index contributed by atoms with van der Waals surface area (Å²) in [6.07, 6.45) is 4.21. The lowest BCUT2D eigenvalue weighted by molar-refractivity contribution is -0.127. The quantitative estimate of drug-likeness (QED) is 0.527. The SMILES string of the molecule is C=CC1=C(C=C)C2(CC(=NO)C2)C(=O)N1. The van der Waals surface area contributed by atoms with E-state index in [1.807, 2.05) is 0 Å². The van der Waals surface area contributed by atoms with Crippen LogP contribution in [0.15, 0.2) is 41.7 Å². The molecule has 0 aromatic rings. The van der Waals surface area contributed by atoms with Crippen LogP contribution >= 0.6 is 0 Å². The van der Waals surface area contributed by atoms with E-state index in [0.29, 0.717) is 24.3 Å². The molecule has 1 fully saturated rings. The molecule has 0 aromatic heterocycles. The number of carbonyl (C=O) groups excluding carboxylic acids is 1. The number of nitrogens with zero attached hydrogens (tertiary/aromatic N) is 1. The highest BCUT2D eigenvalue weighted by Crippen LogP contribution is 2.49. The molecule has 0 atom stereocenters. The second kappa shape index (κ2) is 3.08. The Hall–Kier alpha value is -1.84. The van der Waals surface area contributed by atoms with E-state index in [2.05, 4.69) is 23.6 Å². The Morgan fingerprint density at radius 1 is 1.40 bits per heavy atom. The zero-order valence-corrected chi connectivity index (χ0v) is 8.29. The van der Waals surface area contributed by atoms with Gasteiger partial charge in [0.2, 0.25) is 5.91 Å². The van der Waals surface area contributed by atoms with Crippen molar-refractivity contribution in [1.82, 2.24) is 5.32 Å². The van der Waals surface area contributed by atoms with E-state index in [1.54, 1.807) is 12.2 Å². The molecule has 0 aromatic carbocycles. The first-order chi connectivity index (χ1) is 7.17. The van der Waals surface area contributed by atoms with Gasteiger partial charge in [-0.3, -0.25) is 4.79 Å². The molecule has 1 saturated carbocycles. The largest absolute Gasteiger partial charge is 0.411 e. The van der Waals surface area contributed by atoms with Crippen molar-refractivity contribution >= 4 is 11.6 Å². The van der Waals surface area contributed by atoms with Crippen LogP contribution in [0.1, 0.15) is 12.8 Å². The van der Waals surface area contributed by atoms with Gasteiger partial charge in [0.05, 0.1) is 11.1 Å². The van der Waals surface area contributed by atoms with Gasteiger partial charge in [-0.1, -0.05) is 24.4 Å². The van der Waals surface area contributed by atoms with Gasteiger partial charge in [0.1, 0.15) is 0 Å². The molecule has 0 radical (unpaired) electrons. The number of allylic oxidation sites excluding steroid dienone is 2. The second-order valence-electron chi connectivity index (χ2n) is 3.79. The Kier molecular flexibility index (Phi) is 2.00. The summed E-state index contributed by atoms with van der Waals surface area (Å²) in [5, 5.41) is 14.5. The van der Waals surface area contributed by atoms with Crippen molar-refractivity contribution in [2.75, 3.05) is 0 Å². The van der Waals surface area contributed by atoms with Gasteiger partial charge in [-0.25, -0.2) is 0 Å². The summed E-state index contributed by atoms with van der Waals surface area (Å²) >= 11 is 0. The molecule has 15 heavy (non-hydrogen) atoms. The molecule has 4 heteroatoms. The maximum atomic E-state index is 11.8. The molecule has 0 bridgehead atoms. The average Bonchev–Trinajstić information content (AvgIpc) is 2.47. The molecule has 2 aliphatic rings. The molecule has 1 heterocycles. The Morgan fingerprint density at radius 2 is 2.07 bits per heavy atom. The first-order valence-corrected chi connectivity index (χ1v) is 4.69. The lowest BCUT2D eigenvalue weighted by Gasteiger charge is -2.37. The van der Waals surface area contributed by atoms with Crippen molar-refractivity contribution < 1.29 is 10.0 Å². The minimum absolute atomic E-state index is 0.0558. The third-order valence-corrected chi connectivity index (χ3v) is 3.05. The number of hydrogen-bond donors (Lipinski definition) is 2. The smallest absolute Gasteiger partial charge is 0.235 e. The van der Waals surface area contributed by atoms with Gasteiger partial charge in [0, 0.05) is 18.5 Å². The van der Waals surface area contributed by atoms with Gasteiger partial charge in [-0.2, -0.15) is 0 Å². The lowest BCUT2D eigenvalue weighted by atomic mass is 9.63. The summed E-state index contributed by atoms with van der Waals surface area (Å²) in [5.41, 5.74) is 1.66. The van der Waals surface area contributed by atoms with E-state index >= 15 is 0 Å². The minimum atomic E-state index is -0.563. The van der Waals surface area contributed by atoms with Gasteiger partial charge in [-0.05, 0) is 11.6 Å². The first-order valence-electron chi connectivity index (χ1n) is 4.69. The topological polar surface area (TPSA) is 61.7 Å². The van der Waals surface area contributed by atoms with Crippen LogP contribution in [0.5, 0.6) is 0 Å². The Bertz CT molecular complexity index is 410. The van der Waals surface area contributed by atoms with Crippen molar-refractivity contribution in [3.8, 4) is 0 Å². The van der Waals surface area contributed by atoms with Gasteiger partial charge in [0.25, 0.3) is 0 Å². The van der Waals surface area contributed by atoms with Gasteiger partial charge >= 0.3 is 0 Å². The lowest BCUT2D eigenvalue weighted by Crippen LogP contribution is -2.45. The molecule has 2 rings (SSSR count). The summed E-state index contributed by atoms with van der Waals surface area (Å²) < 4.78 is 0. The van der Waals surface area contributed by atoms with E-state index in [9.17, 15) is 4.79 Å². The molecule has 1 spiro atoms. The van der Waals surface area contributed by atoms with Gasteiger partial charge < -0.3 is 10.5 Å². The van der Waals surface area contributed by atoms with Crippen LogP contribution in [0.25, 0.3) is 0 Å². The molecular weight excluding hydrogens is 192 g/mol. The fraction of sp³-hybridized carbons (Fsp3) is 0.273. The summed E-state index contributed by atoms with van der Waals surface area (Å²) in [7, 11) is 0.